The van der Waals surface area contributed by atoms with Crippen LogP contribution in [0.2, 0.25) is 0 Å². The maximum atomic E-state index is 12.9. The predicted octanol–water partition coefficient (Wildman–Crippen LogP) is 4.89. The quantitative estimate of drug-likeness (QED) is 0.464. The van der Waals surface area contributed by atoms with Crippen molar-refractivity contribution in [1.29, 1.82) is 0 Å². The number of pyridine rings is 1. The van der Waals surface area contributed by atoms with Crippen LogP contribution in [0.5, 0.6) is 0 Å². The number of anilines is 1. The molecule has 1 aliphatic heterocycles. The molecule has 180 valence electrons. The minimum Gasteiger partial charge on any atom is -0.398 e. The van der Waals surface area contributed by atoms with E-state index in [-0.39, 0.29) is 5.91 Å². The number of amides is 1. The Morgan fingerprint density at radius 1 is 1.15 bits per heavy atom. The number of carbonyl (C=O) groups excluding carboxylic acids is 1. The molecule has 3 rings (SSSR count). The molecule has 1 saturated heterocycles. The summed E-state index contributed by atoms with van der Waals surface area (Å²) in [4.78, 5) is 22.4. The number of benzene rings is 1. The summed E-state index contributed by atoms with van der Waals surface area (Å²) in [5, 5.41) is 2.63. The fraction of sp³-hybridized carbons (Fsp3) is 0.240. The van der Waals surface area contributed by atoms with E-state index >= 15 is 0 Å². The largest absolute Gasteiger partial charge is 0.417 e. The van der Waals surface area contributed by atoms with E-state index in [0.29, 0.717) is 22.8 Å². The second kappa shape index (κ2) is 12.4. The number of halogens is 3. The molecule has 1 aliphatic rings. The molecule has 0 unspecified atom stereocenters. The van der Waals surface area contributed by atoms with Crippen LogP contribution in [0.25, 0.3) is 5.70 Å². The summed E-state index contributed by atoms with van der Waals surface area (Å²) in [6, 6.07) is 11.7. The smallest absolute Gasteiger partial charge is 0.398 e. The molecule has 0 radical (unpaired) electrons. The fourth-order valence-electron chi connectivity index (χ4n) is 3.23. The van der Waals surface area contributed by atoms with Crippen LogP contribution in [0.1, 0.15) is 24.0 Å². The van der Waals surface area contributed by atoms with Crippen molar-refractivity contribution in [1.82, 2.24) is 9.88 Å². The number of aromatic nitrogens is 1. The molecular weight excluding hydrogens is 443 g/mol. The van der Waals surface area contributed by atoms with Gasteiger partial charge in [-0.3, -0.25) is 9.79 Å². The average molecular weight is 472 g/mol. The standard InChI is InChI=1S/C18H21N3O.C7H7F3N2/c1-3-15(20-4-2)16(18(22)21-12-8-9-13-21)17(19)14-10-6-5-7-11-14;1-11-6-3-2-5(4-12-6)7(8,9)10/h3-7,10-11H,1-2,8-9,12-13,19H2;2-4H,1H3,(H,11,12)/b17-16+,20-15?;. The number of allylic oxidation sites excluding steroid dienone is 1. The maximum Gasteiger partial charge on any atom is 0.417 e. The van der Waals surface area contributed by atoms with Gasteiger partial charge in [0, 0.05) is 32.5 Å². The number of nitrogens with one attached hydrogen (secondary N) is 1. The second-order valence-corrected chi connectivity index (χ2v) is 7.23. The Morgan fingerprint density at radius 3 is 2.26 bits per heavy atom. The number of carbonyl (C=O) groups is 1. The van der Waals surface area contributed by atoms with Crippen molar-refractivity contribution in [3.8, 4) is 0 Å². The van der Waals surface area contributed by atoms with Crippen molar-refractivity contribution >= 4 is 23.1 Å². The molecule has 3 N–H and O–H groups in total. The topological polar surface area (TPSA) is 83.6 Å². The lowest BCUT2D eigenvalue weighted by atomic mass is 10.0. The Labute approximate surface area is 197 Å². The SMILES string of the molecule is C=CN=C(C=C)/C(C(=O)N1CCCC1)=C(\N)c1ccccc1.CNc1ccc(C(F)(F)F)cn1. The van der Waals surface area contributed by atoms with Gasteiger partial charge >= 0.3 is 6.18 Å². The van der Waals surface area contributed by atoms with Crippen LogP contribution < -0.4 is 11.1 Å². The van der Waals surface area contributed by atoms with Crippen molar-refractivity contribution in [2.45, 2.75) is 19.0 Å². The number of rotatable bonds is 6. The normalized spacial score (nSPS) is 14.5. The van der Waals surface area contributed by atoms with Gasteiger partial charge in [-0.2, -0.15) is 13.2 Å². The Bertz CT molecular complexity index is 1040. The molecule has 2 aromatic rings. The number of hydrogen-bond donors (Lipinski definition) is 2. The summed E-state index contributed by atoms with van der Waals surface area (Å²) in [6.45, 7) is 8.85. The Morgan fingerprint density at radius 2 is 1.79 bits per heavy atom. The Balaban J connectivity index is 0.000000287. The zero-order valence-electron chi connectivity index (χ0n) is 19.0. The number of nitrogens with zero attached hydrogens (tertiary/aromatic N) is 3. The number of nitrogens with two attached hydrogens (primary N) is 1. The van der Waals surface area contributed by atoms with Gasteiger partial charge in [0.2, 0.25) is 0 Å². The monoisotopic (exact) mass is 471 g/mol. The number of likely N-dealkylation sites (tertiary alicyclic amines) is 1. The highest BCUT2D eigenvalue weighted by molar-refractivity contribution is 6.29. The van der Waals surface area contributed by atoms with E-state index in [4.69, 9.17) is 5.73 Å². The van der Waals surface area contributed by atoms with Gasteiger partial charge in [-0.1, -0.05) is 43.5 Å². The first-order chi connectivity index (χ1) is 16.2. The summed E-state index contributed by atoms with van der Waals surface area (Å²) in [5.41, 5.74) is 7.60. The number of alkyl halides is 3. The molecule has 0 saturated carbocycles. The molecule has 1 fully saturated rings. The molecule has 34 heavy (non-hydrogen) atoms. The third-order valence-corrected chi connectivity index (χ3v) is 4.99. The summed E-state index contributed by atoms with van der Waals surface area (Å²) in [6.07, 6.45) is 1.47. The van der Waals surface area contributed by atoms with Gasteiger partial charge in [-0.25, -0.2) is 4.98 Å². The maximum absolute atomic E-state index is 12.9. The third-order valence-electron chi connectivity index (χ3n) is 4.99. The lowest BCUT2D eigenvalue weighted by Gasteiger charge is -2.19. The van der Waals surface area contributed by atoms with Gasteiger partial charge < -0.3 is 16.0 Å². The fourth-order valence-corrected chi connectivity index (χ4v) is 3.23. The van der Waals surface area contributed by atoms with Crippen LogP contribution in [-0.4, -0.2) is 41.6 Å². The van der Waals surface area contributed by atoms with Crippen LogP contribution >= 0.6 is 0 Å². The van der Waals surface area contributed by atoms with E-state index in [0.717, 1.165) is 43.8 Å². The highest BCUT2D eigenvalue weighted by Crippen LogP contribution is 2.28. The summed E-state index contributed by atoms with van der Waals surface area (Å²) in [7, 11) is 1.59. The highest BCUT2D eigenvalue weighted by atomic mass is 19.4. The van der Waals surface area contributed by atoms with Gasteiger partial charge in [0.05, 0.1) is 22.5 Å². The van der Waals surface area contributed by atoms with E-state index < -0.39 is 11.7 Å². The molecule has 1 aromatic heterocycles. The van der Waals surface area contributed by atoms with Crippen LogP contribution in [0.4, 0.5) is 19.0 Å². The van der Waals surface area contributed by atoms with Crippen molar-refractivity contribution in [3.63, 3.8) is 0 Å². The van der Waals surface area contributed by atoms with Crippen LogP contribution in [-0.2, 0) is 11.0 Å². The van der Waals surface area contributed by atoms with E-state index in [1.54, 1.807) is 13.1 Å². The molecule has 6 nitrogen and oxygen atoms in total. The van der Waals surface area contributed by atoms with Gasteiger partial charge in [0.1, 0.15) is 5.82 Å². The van der Waals surface area contributed by atoms with Crippen molar-refractivity contribution in [2.75, 3.05) is 25.5 Å². The lowest BCUT2D eigenvalue weighted by Crippen LogP contribution is -2.33. The molecule has 2 heterocycles. The molecule has 0 atom stereocenters. The van der Waals surface area contributed by atoms with E-state index in [2.05, 4.69) is 28.5 Å². The Hall–Kier alpha value is -3.88. The minimum atomic E-state index is -4.31. The van der Waals surface area contributed by atoms with E-state index in [9.17, 15) is 18.0 Å². The number of aliphatic imine (C=N–C) groups is 1. The van der Waals surface area contributed by atoms with Crippen molar-refractivity contribution in [2.24, 2.45) is 10.7 Å². The molecular formula is C25H28F3N5O. The minimum absolute atomic E-state index is 0.0978. The summed E-state index contributed by atoms with van der Waals surface area (Å²) < 4.78 is 35.9. The molecule has 1 aromatic carbocycles. The van der Waals surface area contributed by atoms with Gasteiger partial charge in [-0.15, -0.1) is 0 Å². The van der Waals surface area contributed by atoms with Crippen molar-refractivity contribution < 1.29 is 18.0 Å². The second-order valence-electron chi connectivity index (χ2n) is 7.23. The van der Waals surface area contributed by atoms with Crippen molar-refractivity contribution in [3.05, 3.63) is 90.8 Å². The lowest BCUT2D eigenvalue weighted by molar-refractivity contribution is -0.137. The first-order valence-electron chi connectivity index (χ1n) is 10.6. The third kappa shape index (κ3) is 7.06. The van der Waals surface area contributed by atoms with Crippen LogP contribution in [0.15, 0.2) is 84.7 Å². The van der Waals surface area contributed by atoms with Gasteiger partial charge in [0.25, 0.3) is 5.91 Å². The molecule has 0 spiro atoms. The predicted molar refractivity (Wildman–Crippen MR) is 130 cm³/mol. The summed E-state index contributed by atoms with van der Waals surface area (Å²) >= 11 is 0. The van der Waals surface area contributed by atoms with E-state index in [1.165, 1.54) is 12.3 Å². The van der Waals surface area contributed by atoms with Gasteiger partial charge in [0.15, 0.2) is 0 Å². The molecule has 0 bridgehead atoms. The molecule has 1 amide bonds. The van der Waals surface area contributed by atoms with Gasteiger partial charge in [-0.05, 0) is 36.6 Å². The van der Waals surface area contributed by atoms with Crippen LogP contribution in [0.3, 0.4) is 0 Å². The Kier molecular flexibility index (Phi) is 9.61. The highest BCUT2D eigenvalue weighted by Gasteiger charge is 2.30. The van der Waals surface area contributed by atoms with E-state index in [1.807, 2.05) is 35.2 Å². The first kappa shape index (κ1) is 26.4. The number of hydrogen-bond acceptors (Lipinski definition) is 5. The first-order valence-corrected chi connectivity index (χ1v) is 10.6. The average Bonchev–Trinajstić information content (AvgIpc) is 3.39. The summed E-state index contributed by atoms with van der Waals surface area (Å²) in [5.74, 6) is 0.322. The van der Waals surface area contributed by atoms with Crippen LogP contribution in [0, 0.1) is 0 Å². The molecule has 0 aliphatic carbocycles. The zero-order valence-corrected chi connectivity index (χ0v) is 19.0. The molecule has 9 heteroatoms. The zero-order chi connectivity index (χ0) is 25.1.